The monoisotopic (exact) mass is 366 g/mol. The molecule has 2 N–H and O–H groups in total. The largest absolute Gasteiger partial charge is 0.497 e. The van der Waals surface area contributed by atoms with Crippen molar-refractivity contribution in [1.82, 2.24) is 0 Å². The summed E-state index contributed by atoms with van der Waals surface area (Å²) in [6, 6.07) is 14.9. The normalized spacial score (nSPS) is 10.1. The van der Waals surface area contributed by atoms with E-state index in [0.29, 0.717) is 28.4 Å². The molecule has 138 valence electrons. The highest BCUT2D eigenvalue weighted by Crippen LogP contribution is 2.25. The first-order valence-electron chi connectivity index (χ1n) is 8.09. The molecule has 0 bridgehead atoms. The Bertz CT molecular complexity index is 934. The van der Waals surface area contributed by atoms with Gasteiger partial charge in [0.15, 0.2) is 5.76 Å². The maximum Gasteiger partial charge on any atom is 0.291 e. The second-order valence-electron chi connectivity index (χ2n) is 5.53. The first-order valence-corrected chi connectivity index (χ1v) is 8.09. The highest BCUT2D eigenvalue weighted by Gasteiger charge is 2.14. The molecular formula is C20H18N2O5. The summed E-state index contributed by atoms with van der Waals surface area (Å²) in [6.07, 6.45) is 1.43. The third kappa shape index (κ3) is 4.27. The Labute approximate surface area is 155 Å². The minimum Gasteiger partial charge on any atom is -0.497 e. The molecule has 0 radical (unpaired) electrons. The lowest BCUT2D eigenvalue weighted by Crippen LogP contribution is -2.14. The Balaban J connectivity index is 1.69. The van der Waals surface area contributed by atoms with Crippen LogP contribution in [-0.4, -0.2) is 26.0 Å². The van der Waals surface area contributed by atoms with Crippen LogP contribution < -0.4 is 20.1 Å². The Morgan fingerprint density at radius 3 is 2.07 bits per heavy atom. The van der Waals surface area contributed by atoms with Gasteiger partial charge in [0.25, 0.3) is 11.8 Å². The minimum absolute atomic E-state index is 0.220. The van der Waals surface area contributed by atoms with Crippen molar-refractivity contribution in [2.24, 2.45) is 0 Å². The molecular weight excluding hydrogens is 348 g/mol. The van der Waals surface area contributed by atoms with Gasteiger partial charge in [-0.05, 0) is 54.6 Å². The number of furan rings is 1. The molecule has 1 aromatic heterocycles. The number of ether oxygens (including phenoxy) is 2. The summed E-state index contributed by atoms with van der Waals surface area (Å²) >= 11 is 0. The number of hydrogen-bond acceptors (Lipinski definition) is 5. The summed E-state index contributed by atoms with van der Waals surface area (Å²) in [5, 5.41) is 5.49. The van der Waals surface area contributed by atoms with Crippen LogP contribution in [0.25, 0.3) is 0 Å². The molecule has 0 saturated heterocycles. The van der Waals surface area contributed by atoms with Gasteiger partial charge in [0.1, 0.15) is 11.5 Å². The summed E-state index contributed by atoms with van der Waals surface area (Å²) in [7, 11) is 3.02. The van der Waals surface area contributed by atoms with Crippen molar-refractivity contribution in [3.05, 3.63) is 72.2 Å². The Hall–Kier alpha value is -3.74. The zero-order chi connectivity index (χ0) is 19.2. The average molecular weight is 366 g/mol. The number of benzene rings is 2. The second kappa shape index (κ2) is 8.09. The fraction of sp³-hybridized carbons (Fsp3) is 0.100. The van der Waals surface area contributed by atoms with Gasteiger partial charge in [0, 0.05) is 11.4 Å². The number of nitrogens with one attached hydrogen (secondary N) is 2. The summed E-state index contributed by atoms with van der Waals surface area (Å²) in [4.78, 5) is 24.5. The molecule has 7 heteroatoms. The molecule has 0 aliphatic rings. The molecule has 7 nitrogen and oxygen atoms in total. The number of hydrogen-bond donors (Lipinski definition) is 2. The van der Waals surface area contributed by atoms with E-state index in [2.05, 4.69) is 10.6 Å². The zero-order valence-electron chi connectivity index (χ0n) is 14.8. The number of anilines is 2. The molecule has 0 fully saturated rings. The van der Waals surface area contributed by atoms with Gasteiger partial charge in [-0.3, -0.25) is 9.59 Å². The van der Waals surface area contributed by atoms with Crippen LogP contribution in [0, 0.1) is 0 Å². The Morgan fingerprint density at radius 2 is 1.52 bits per heavy atom. The van der Waals surface area contributed by atoms with Gasteiger partial charge in [0.05, 0.1) is 26.0 Å². The summed E-state index contributed by atoms with van der Waals surface area (Å²) in [5.74, 6) is 0.529. The smallest absolute Gasteiger partial charge is 0.291 e. The van der Waals surface area contributed by atoms with Gasteiger partial charge in [-0.15, -0.1) is 0 Å². The average Bonchev–Trinajstić information content (AvgIpc) is 3.24. The van der Waals surface area contributed by atoms with E-state index in [4.69, 9.17) is 13.9 Å². The van der Waals surface area contributed by atoms with E-state index in [9.17, 15) is 9.59 Å². The van der Waals surface area contributed by atoms with E-state index in [1.54, 1.807) is 54.6 Å². The van der Waals surface area contributed by atoms with Crippen molar-refractivity contribution >= 4 is 23.2 Å². The van der Waals surface area contributed by atoms with Gasteiger partial charge in [-0.25, -0.2) is 0 Å². The summed E-state index contributed by atoms with van der Waals surface area (Å²) in [5.41, 5.74) is 1.50. The van der Waals surface area contributed by atoms with Crippen molar-refractivity contribution in [3.63, 3.8) is 0 Å². The maximum atomic E-state index is 12.6. The number of carbonyl (C=O) groups is 2. The molecule has 2 amide bonds. The topological polar surface area (TPSA) is 89.8 Å². The van der Waals surface area contributed by atoms with Crippen molar-refractivity contribution in [1.29, 1.82) is 0 Å². The van der Waals surface area contributed by atoms with Crippen LogP contribution in [0.1, 0.15) is 20.9 Å². The van der Waals surface area contributed by atoms with E-state index in [0.717, 1.165) is 0 Å². The molecule has 0 aliphatic carbocycles. The molecule has 3 aromatic rings. The third-order valence-electron chi connectivity index (χ3n) is 3.80. The summed E-state index contributed by atoms with van der Waals surface area (Å²) in [6.45, 7) is 0. The standard InChI is InChI=1S/C20H18N2O5/c1-25-15-9-10-17(26-2)16(12-15)19(23)21-13-5-7-14(8-6-13)22-20(24)18-4-3-11-27-18/h3-12H,1-2H3,(H,21,23)(H,22,24). The fourth-order valence-corrected chi connectivity index (χ4v) is 2.43. The van der Waals surface area contributed by atoms with Gasteiger partial charge >= 0.3 is 0 Å². The Kier molecular flexibility index (Phi) is 5.41. The number of carbonyl (C=O) groups excluding carboxylic acids is 2. The van der Waals surface area contributed by atoms with Crippen molar-refractivity contribution in [3.8, 4) is 11.5 Å². The molecule has 2 aromatic carbocycles. The molecule has 0 aliphatic heterocycles. The van der Waals surface area contributed by atoms with E-state index in [1.165, 1.54) is 20.5 Å². The van der Waals surface area contributed by atoms with Gasteiger partial charge in [0.2, 0.25) is 0 Å². The van der Waals surface area contributed by atoms with E-state index < -0.39 is 0 Å². The minimum atomic E-state index is -0.349. The molecule has 3 rings (SSSR count). The predicted octanol–water partition coefficient (Wildman–Crippen LogP) is 3.80. The van der Waals surface area contributed by atoms with Crippen LogP contribution in [0.5, 0.6) is 11.5 Å². The van der Waals surface area contributed by atoms with E-state index in [1.807, 2.05) is 0 Å². The van der Waals surface area contributed by atoms with Crippen LogP contribution >= 0.6 is 0 Å². The third-order valence-corrected chi connectivity index (χ3v) is 3.80. The van der Waals surface area contributed by atoms with Crippen LogP contribution in [0.4, 0.5) is 11.4 Å². The highest BCUT2D eigenvalue weighted by molar-refractivity contribution is 6.07. The van der Waals surface area contributed by atoms with Crippen LogP contribution in [0.3, 0.4) is 0 Å². The quantitative estimate of drug-likeness (QED) is 0.692. The maximum absolute atomic E-state index is 12.6. The number of rotatable bonds is 6. The van der Waals surface area contributed by atoms with Crippen molar-refractivity contribution in [2.45, 2.75) is 0 Å². The lowest BCUT2D eigenvalue weighted by Gasteiger charge is -2.11. The van der Waals surface area contributed by atoms with Gasteiger partial charge < -0.3 is 24.5 Å². The molecule has 27 heavy (non-hydrogen) atoms. The second-order valence-corrected chi connectivity index (χ2v) is 5.53. The lowest BCUT2D eigenvalue weighted by molar-refractivity contribution is 0.0994. The number of methoxy groups -OCH3 is 2. The van der Waals surface area contributed by atoms with E-state index >= 15 is 0 Å². The fourth-order valence-electron chi connectivity index (χ4n) is 2.43. The first-order chi connectivity index (χ1) is 13.1. The van der Waals surface area contributed by atoms with Crippen LogP contribution in [-0.2, 0) is 0 Å². The molecule has 1 heterocycles. The van der Waals surface area contributed by atoms with Crippen LogP contribution in [0.2, 0.25) is 0 Å². The first kappa shape index (κ1) is 18.1. The van der Waals surface area contributed by atoms with Crippen molar-refractivity contribution in [2.75, 3.05) is 24.9 Å². The van der Waals surface area contributed by atoms with E-state index in [-0.39, 0.29) is 17.6 Å². The SMILES string of the molecule is COc1ccc(OC)c(C(=O)Nc2ccc(NC(=O)c3ccco3)cc2)c1. The zero-order valence-corrected chi connectivity index (χ0v) is 14.8. The summed E-state index contributed by atoms with van der Waals surface area (Å²) < 4.78 is 15.4. The van der Waals surface area contributed by atoms with Crippen molar-refractivity contribution < 1.29 is 23.5 Å². The molecule has 0 atom stereocenters. The molecule has 0 saturated carbocycles. The molecule has 0 unspecified atom stereocenters. The molecule has 0 spiro atoms. The van der Waals surface area contributed by atoms with Gasteiger partial charge in [-0.1, -0.05) is 0 Å². The predicted molar refractivity (Wildman–Crippen MR) is 101 cm³/mol. The number of amides is 2. The lowest BCUT2D eigenvalue weighted by atomic mass is 10.1. The van der Waals surface area contributed by atoms with Crippen LogP contribution in [0.15, 0.2) is 65.3 Å². The van der Waals surface area contributed by atoms with Gasteiger partial charge in [-0.2, -0.15) is 0 Å². The Morgan fingerprint density at radius 1 is 0.852 bits per heavy atom. The highest BCUT2D eigenvalue weighted by atomic mass is 16.5.